The van der Waals surface area contributed by atoms with Crippen molar-refractivity contribution in [3.05, 3.63) is 46.1 Å². The average Bonchev–Trinajstić information content (AvgIpc) is 2.84. The lowest BCUT2D eigenvalue weighted by Crippen LogP contribution is -2.36. The molecule has 6 heteroatoms. The number of halogens is 1. The Morgan fingerprint density at radius 1 is 1.42 bits per heavy atom. The number of anilines is 1. The fourth-order valence-corrected chi connectivity index (χ4v) is 3.42. The van der Waals surface area contributed by atoms with Crippen LogP contribution in [0.4, 0.5) is 5.82 Å². The van der Waals surface area contributed by atoms with E-state index in [4.69, 9.17) is 0 Å². The van der Waals surface area contributed by atoms with Crippen molar-refractivity contribution >= 4 is 27.7 Å². The summed E-state index contributed by atoms with van der Waals surface area (Å²) in [5, 5.41) is 7.21. The third-order valence-electron chi connectivity index (χ3n) is 4.03. The summed E-state index contributed by atoms with van der Waals surface area (Å²) >= 11 is 3.61. The Morgan fingerprint density at radius 2 is 2.12 bits per heavy atom. The summed E-state index contributed by atoms with van der Waals surface area (Å²) in [7, 11) is 1.83. The molecule has 1 amide bonds. The second-order valence-corrected chi connectivity index (χ2v) is 6.87. The molecule has 0 fully saturated rings. The molecule has 0 aliphatic carbocycles. The molecule has 1 aromatic carbocycles. The smallest absolute Gasteiger partial charge is 0.239 e. The molecular formula is C18H25BrN4O. The molecule has 1 atom stereocenters. The van der Waals surface area contributed by atoms with Crippen LogP contribution in [0.2, 0.25) is 0 Å². The quantitative estimate of drug-likeness (QED) is 0.776. The van der Waals surface area contributed by atoms with Gasteiger partial charge in [0.1, 0.15) is 5.82 Å². The molecule has 1 N–H and O–H groups in total. The van der Waals surface area contributed by atoms with E-state index in [-0.39, 0.29) is 11.9 Å². The van der Waals surface area contributed by atoms with E-state index in [0.717, 1.165) is 29.0 Å². The van der Waals surface area contributed by atoms with E-state index < -0.39 is 0 Å². The Morgan fingerprint density at radius 3 is 2.71 bits per heavy atom. The summed E-state index contributed by atoms with van der Waals surface area (Å²) in [5.74, 6) is 0.702. The molecule has 0 saturated heterocycles. The van der Waals surface area contributed by atoms with Gasteiger partial charge in [0, 0.05) is 23.6 Å². The zero-order valence-corrected chi connectivity index (χ0v) is 16.3. The molecule has 24 heavy (non-hydrogen) atoms. The lowest BCUT2D eigenvalue weighted by atomic mass is 10.1. The minimum absolute atomic E-state index is 0.0228. The largest absolute Gasteiger partial charge is 0.310 e. The number of hydrogen-bond acceptors (Lipinski definition) is 3. The van der Waals surface area contributed by atoms with E-state index >= 15 is 0 Å². The summed E-state index contributed by atoms with van der Waals surface area (Å²) in [4.78, 5) is 14.7. The van der Waals surface area contributed by atoms with Crippen molar-refractivity contribution < 1.29 is 4.79 Å². The van der Waals surface area contributed by atoms with E-state index in [1.54, 1.807) is 4.68 Å². The number of nitrogens with zero attached hydrogens (tertiary/aromatic N) is 3. The van der Waals surface area contributed by atoms with Crippen LogP contribution in [0.1, 0.15) is 37.6 Å². The first-order chi connectivity index (χ1) is 11.4. The number of carbonyl (C=O) groups is 1. The molecule has 1 aromatic heterocycles. The maximum Gasteiger partial charge on any atom is 0.239 e. The minimum atomic E-state index is -0.0228. The van der Waals surface area contributed by atoms with Gasteiger partial charge in [-0.05, 0) is 38.4 Å². The zero-order chi connectivity index (χ0) is 17.7. The maximum absolute atomic E-state index is 12.5. The van der Waals surface area contributed by atoms with Crippen LogP contribution in [0.15, 0.2) is 34.8 Å². The van der Waals surface area contributed by atoms with Gasteiger partial charge in [-0.2, -0.15) is 5.10 Å². The van der Waals surface area contributed by atoms with E-state index in [1.807, 2.05) is 38.2 Å². The van der Waals surface area contributed by atoms with Crippen molar-refractivity contribution in [3.63, 3.8) is 0 Å². The first kappa shape index (κ1) is 18.7. The van der Waals surface area contributed by atoms with E-state index in [2.05, 4.69) is 51.2 Å². The third kappa shape index (κ3) is 4.68. The number of hydrogen-bond donors (Lipinski definition) is 1. The van der Waals surface area contributed by atoms with Gasteiger partial charge in [0.05, 0.1) is 12.2 Å². The molecule has 1 heterocycles. The van der Waals surface area contributed by atoms with Gasteiger partial charge >= 0.3 is 0 Å². The lowest BCUT2D eigenvalue weighted by Gasteiger charge is -2.29. The highest BCUT2D eigenvalue weighted by atomic mass is 79.9. The molecule has 1 unspecified atom stereocenters. The number of amides is 1. The number of nitrogens with one attached hydrogen (secondary N) is 1. The number of rotatable bonds is 7. The molecule has 2 rings (SSSR count). The van der Waals surface area contributed by atoms with E-state index in [0.29, 0.717) is 6.54 Å². The molecule has 0 aliphatic rings. The molecule has 0 bridgehead atoms. The molecule has 2 aromatic rings. The van der Waals surface area contributed by atoms with Crippen LogP contribution in [0.5, 0.6) is 0 Å². The molecule has 0 spiro atoms. The van der Waals surface area contributed by atoms with Crippen molar-refractivity contribution in [1.82, 2.24) is 14.7 Å². The van der Waals surface area contributed by atoms with Crippen molar-refractivity contribution in [2.45, 2.75) is 33.2 Å². The van der Waals surface area contributed by atoms with Crippen molar-refractivity contribution in [1.29, 1.82) is 0 Å². The summed E-state index contributed by atoms with van der Waals surface area (Å²) in [5.41, 5.74) is 2.08. The number of carbonyl (C=O) groups excluding carboxylic acids is 1. The van der Waals surface area contributed by atoms with Crippen LogP contribution in [0.3, 0.4) is 0 Å². The normalized spacial score (nSPS) is 12.4. The second-order valence-electron chi connectivity index (χ2n) is 6.01. The van der Waals surface area contributed by atoms with Gasteiger partial charge < -0.3 is 5.32 Å². The predicted molar refractivity (Wildman–Crippen MR) is 101 cm³/mol. The monoisotopic (exact) mass is 392 g/mol. The maximum atomic E-state index is 12.5. The Kier molecular flexibility index (Phi) is 6.57. The lowest BCUT2D eigenvalue weighted by molar-refractivity contribution is -0.117. The first-order valence-electron chi connectivity index (χ1n) is 8.21. The van der Waals surface area contributed by atoms with Gasteiger partial charge in [-0.15, -0.1) is 0 Å². The van der Waals surface area contributed by atoms with Crippen molar-refractivity contribution in [2.75, 3.05) is 18.4 Å². The van der Waals surface area contributed by atoms with Crippen LogP contribution in [-0.2, 0) is 11.8 Å². The molecular weight excluding hydrogens is 368 g/mol. The van der Waals surface area contributed by atoms with E-state index in [9.17, 15) is 4.79 Å². The Balaban J connectivity index is 2.08. The Bertz CT molecular complexity index is 698. The van der Waals surface area contributed by atoms with Crippen LogP contribution >= 0.6 is 15.9 Å². The average molecular weight is 393 g/mol. The molecule has 0 aliphatic heterocycles. The van der Waals surface area contributed by atoms with Crippen LogP contribution in [0.25, 0.3) is 0 Å². The van der Waals surface area contributed by atoms with Gasteiger partial charge in [0.15, 0.2) is 0 Å². The Hall–Kier alpha value is -1.66. The molecule has 5 nitrogen and oxygen atoms in total. The summed E-state index contributed by atoms with van der Waals surface area (Å²) < 4.78 is 2.76. The standard InChI is InChI=1S/C18H25BrN4O/c1-5-10-23(14(3)15-8-6-7-9-16(15)19)12-18(24)20-17-11-13(2)21-22(17)4/h6-9,11,14H,5,10,12H2,1-4H3,(H,20,24). The van der Waals surface area contributed by atoms with Crippen LogP contribution < -0.4 is 5.32 Å². The van der Waals surface area contributed by atoms with Gasteiger partial charge in [-0.1, -0.05) is 41.1 Å². The minimum Gasteiger partial charge on any atom is -0.310 e. The number of benzene rings is 1. The van der Waals surface area contributed by atoms with Crippen LogP contribution in [-0.4, -0.2) is 33.7 Å². The van der Waals surface area contributed by atoms with Crippen LogP contribution in [0, 0.1) is 6.92 Å². The van der Waals surface area contributed by atoms with Gasteiger partial charge in [0.2, 0.25) is 5.91 Å². The molecule has 130 valence electrons. The van der Waals surface area contributed by atoms with Crippen molar-refractivity contribution in [3.8, 4) is 0 Å². The van der Waals surface area contributed by atoms with Crippen molar-refractivity contribution in [2.24, 2.45) is 7.05 Å². The van der Waals surface area contributed by atoms with Gasteiger partial charge in [0.25, 0.3) is 0 Å². The van der Waals surface area contributed by atoms with E-state index in [1.165, 1.54) is 5.56 Å². The second kappa shape index (κ2) is 8.44. The SMILES string of the molecule is CCCN(CC(=O)Nc1cc(C)nn1C)C(C)c1ccccc1Br. The van der Waals surface area contributed by atoms with Gasteiger partial charge in [-0.3, -0.25) is 14.4 Å². The fraction of sp³-hybridized carbons (Fsp3) is 0.444. The highest BCUT2D eigenvalue weighted by Crippen LogP contribution is 2.27. The molecule has 0 saturated carbocycles. The first-order valence-corrected chi connectivity index (χ1v) is 9.00. The third-order valence-corrected chi connectivity index (χ3v) is 4.75. The molecule has 0 radical (unpaired) electrons. The summed E-state index contributed by atoms with van der Waals surface area (Å²) in [6.45, 7) is 7.38. The fourth-order valence-electron chi connectivity index (χ4n) is 2.80. The summed E-state index contributed by atoms with van der Waals surface area (Å²) in [6, 6.07) is 10.2. The predicted octanol–water partition coefficient (Wildman–Crippen LogP) is 3.90. The number of aromatic nitrogens is 2. The highest BCUT2D eigenvalue weighted by molar-refractivity contribution is 9.10. The van der Waals surface area contributed by atoms with Gasteiger partial charge in [-0.25, -0.2) is 0 Å². The highest BCUT2D eigenvalue weighted by Gasteiger charge is 2.20. The zero-order valence-electron chi connectivity index (χ0n) is 14.7. The number of aryl methyl sites for hydroxylation is 2. The Labute approximate surface area is 152 Å². The summed E-state index contributed by atoms with van der Waals surface area (Å²) in [6.07, 6.45) is 0.993. The topological polar surface area (TPSA) is 50.2 Å².